The molecule has 0 aromatic carbocycles. The second kappa shape index (κ2) is 5.17. The summed E-state index contributed by atoms with van der Waals surface area (Å²) in [6, 6.07) is 1.40. The van der Waals surface area contributed by atoms with E-state index in [-0.39, 0.29) is 11.4 Å². The van der Waals surface area contributed by atoms with Crippen LogP contribution in [-0.4, -0.2) is 32.7 Å². The van der Waals surface area contributed by atoms with Gasteiger partial charge in [0.05, 0.1) is 11.4 Å². The van der Waals surface area contributed by atoms with E-state index in [0.717, 1.165) is 7.05 Å². The fourth-order valence-corrected chi connectivity index (χ4v) is 3.37. The van der Waals surface area contributed by atoms with Crippen molar-refractivity contribution in [2.75, 3.05) is 13.6 Å². The molecular formula is C8H12F2N2O2S2. The summed E-state index contributed by atoms with van der Waals surface area (Å²) in [5, 5.41) is 1.40. The summed E-state index contributed by atoms with van der Waals surface area (Å²) >= 11 is 1.19. The molecule has 0 saturated carbocycles. The normalized spacial score (nSPS) is 12.6. The van der Waals surface area contributed by atoms with Gasteiger partial charge >= 0.3 is 0 Å². The van der Waals surface area contributed by atoms with Crippen LogP contribution in [0.5, 0.6) is 0 Å². The lowest BCUT2D eigenvalue weighted by molar-refractivity contribution is 0.126. The first-order valence-electron chi connectivity index (χ1n) is 4.40. The molecule has 1 heterocycles. The maximum absolute atomic E-state index is 12.1. The molecule has 0 saturated heterocycles. The van der Waals surface area contributed by atoms with Crippen LogP contribution < -0.4 is 5.73 Å². The van der Waals surface area contributed by atoms with Crippen molar-refractivity contribution in [2.24, 2.45) is 5.73 Å². The molecule has 0 fully saturated rings. The number of halogens is 2. The monoisotopic (exact) mass is 270 g/mol. The van der Waals surface area contributed by atoms with Crippen LogP contribution in [0.1, 0.15) is 4.88 Å². The second-order valence-electron chi connectivity index (χ2n) is 3.13. The van der Waals surface area contributed by atoms with E-state index >= 15 is 0 Å². The Hall–Kier alpha value is -0.570. The van der Waals surface area contributed by atoms with Gasteiger partial charge in [-0.05, 0) is 6.07 Å². The molecule has 8 heteroatoms. The van der Waals surface area contributed by atoms with E-state index in [4.69, 9.17) is 5.73 Å². The zero-order chi connectivity index (χ0) is 12.3. The average molecular weight is 270 g/mol. The van der Waals surface area contributed by atoms with Gasteiger partial charge in [-0.1, -0.05) is 0 Å². The maximum Gasteiger partial charge on any atom is 0.252 e. The van der Waals surface area contributed by atoms with Crippen LogP contribution in [-0.2, 0) is 16.6 Å². The third-order valence-electron chi connectivity index (χ3n) is 1.93. The Bertz CT molecular complexity index is 445. The number of sulfonamides is 1. The molecular weight excluding hydrogens is 258 g/mol. The van der Waals surface area contributed by atoms with Crippen molar-refractivity contribution in [2.45, 2.75) is 17.9 Å². The predicted octanol–water partition coefficient (Wildman–Crippen LogP) is 1.09. The van der Waals surface area contributed by atoms with Crippen LogP contribution in [0.15, 0.2) is 16.3 Å². The van der Waals surface area contributed by atoms with Gasteiger partial charge in [-0.2, -0.15) is 4.31 Å². The molecule has 0 aliphatic heterocycles. The molecule has 0 atom stereocenters. The standard InChI is InChI=1S/C8H12F2N2O2S2/c1-12(4-8(9)10)16(13,14)7-2-6(3-11)15-5-7/h2,5,8H,3-4,11H2,1H3. The zero-order valence-electron chi connectivity index (χ0n) is 8.56. The summed E-state index contributed by atoms with van der Waals surface area (Å²) < 4.78 is 48.3. The van der Waals surface area contributed by atoms with Crippen molar-refractivity contribution >= 4 is 21.4 Å². The van der Waals surface area contributed by atoms with E-state index in [0.29, 0.717) is 9.18 Å². The van der Waals surface area contributed by atoms with Crippen molar-refractivity contribution in [3.8, 4) is 0 Å². The van der Waals surface area contributed by atoms with E-state index in [1.54, 1.807) is 0 Å². The molecule has 0 bridgehead atoms. The average Bonchev–Trinajstić information content (AvgIpc) is 2.65. The smallest absolute Gasteiger partial charge is 0.252 e. The fraction of sp³-hybridized carbons (Fsp3) is 0.500. The Morgan fingerprint density at radius 1 is 1.56 bits per heavy atom. The van der Waals surface area contributed by atoms with E-state index < -0.39 is 23.0 Å². The minimum atomic E-state index is -3.82. The number of thiophene rings is 1. The highest BCUT2D eigenvalue weighted by atomic mass is 32.2. The van der Waals surface area contributed by atoms with Crippen LogP contribution in [0.3, 0.4) is 0 Å². The van der Waals surface area contributed by atoms with E-state index in [9.17, 15) is 17.2 Å². The van der Waals surface area contributed by atoms with Crippen LogP contribution >= 0.6 is 11.3 Å². The van der Waals surface area contributed by atoms with Gasteiger partial charge in [-0.3, -0.25) is 0 Å². The molecule has 1 aromatic heterocycles. The molecule has 1 aromatic rings. The predicted molar refractivity (Wildman–Crippen MR) is 58.0 cm³/mol. The third kappa shape index (κ3) is 2.97. The van der Waals surface area contributed by atoms with Crippen molar-refractivity contribution in [1.29, 1.82) is 0 Å². The molecule has 0 radical (unpaired) electrons. The van der Waals surface area contributed by atoms with Crippen LogP contribution in [0, 0.1) is 0 Å². The van der Waals surface area contributed by atoms with E-state index in [1.807, 2.05) is 0 Å². The molecule has 0 spiro atoms. The van der Waals surface area contributed by atoms with Gasteiger partial charge in [0.15, 0.2) is 0 Å². The highest BCUT2D eigenvalue weighted by Crippen LogP contribution is 2.21. The molecule has 92 valence electrons. The van der Waals surface area contributed by atoms with Gasteiger partial charge in [0.1, 0.15) is 0 Å². The number of alkyl halides is 2. The van der Waals surface area contributed by atoms with Crippen LogP contribution in [0.25, 0.3) is 0 Å². The Balaban J connectivity index is 2.92. The van der Waals surface area contributed by atoms with Crippen LogP contribution in [0.2, 0.25) is 0 Å². The lowest BCUT2D eigenvalue weighted by Crippen LogP contribution is -2.31. The first kappa shape index (κ1) is 13.5. The maximum atomic E-state index is 12.1. The summed E-state index contributed by atoms with van der Waals surface area (Å²) in [5.41, 5.74) is 5.35. The van der Waals surface area contributed by atoms with Gasteiger partial charge in [-0.15, -0.1) is 11.3 Å². The Morgan fingerprint density at radius 2 is 2.19 bits per heavy atom. The highest BCUT2D eigenvalue weighted by Gasteiger charge is 2.24. The fourth-order valence-electron chi connectivity index (χ4n) is 1.08. The Morgan fingerprint density at radius 3 is 2.62 bits per heavy atom. The first-order valence-corrected chi connectivity index (χ1v) is 6.72. The molecule has 16 heavy (non-hydrogen) atoms. The highest BCUT2D eigenvalue weighted by molar-refractivity contribution is 7.89. The second-order valence-corrected chi connectivity index (χ2v) is 6.17. The topological polar surface area (TPSA) is 63.4 Å². The van der Waals surface area contributed by atoms with Gasteiger partial charge < -0.3 is 5.73 Å². The van der Waals surface area contributed by atoms with Crippen LogP contribution in [0.4, 0.5) is 8.78 Å². The molecule has 4 nitrogen and oxygen atoms in total. The number of nitrogens with zero attached hydrogens (tertiary/aromatic N) is 1. The lowest BCUT2D eigenvalue weighted by Gasteiger charge is -2.15. The number of rotatable bonds is 5. The van der Waals surface area contributed by atoms with Gasteiger partial charge in [0, 0.05) is 23.8 Å². The number of hydrogen-bond donors (Lipinski definition) is 1. The summed E-state index contributed by atoms with van der Waals surface area (Å²) in [5.74, 6) is 0. The van der Waals surface area contributed by atoms with E-state index in [1.165, 1.54) is 22.8 Å². The van der Waals surface area contributed by atoms with Crippen molar-refractivity contribution < 1.29 is 17.2 Å². The number of hydrogen-bond acceptors (Lipinski definition) is 4. The quantitative estimate of drug-likeness (QED) is 0.871. The van der Waals surface area contributed by atoms with Gasteiger partial charge in [-0.25, -0.2) is 17.2 Å². The molecule has 2 N–H and O–H groups in total. The molecule has 0 unspecified atom stereocenters. The molecule has 1 rings (SSSR count). The molecule has 0 amide bonds. The largest absolute Gasteiger partial charge is 0.326 e. The minimum absolute atomic E-state index is 0.0149. The van der Waals surface area contributed by atoms with Gasteiger partial charge in [0.2, 0.25) is 10.0 Å². The van der Waals surface area contributed by atoms with Crippen molar-refractivity contribution in [3.63, 3.8) is 0 Å². The Labute approximate surface area is 96.7 Å². The summed E-state index contributed by atoms with van der Waals surface area (Å²) in [6.45, 7) is -0.575. The number of nitrogens with two attached hydrogens (primary N) is 1. The minimum Gasteiger partial charge on any atom is -0.326 e. The van der Waals surface area contributed by atoms with Crippen molar-refractivity contribution in [3.05, 3.63) is 16.3 Å². The third-order valence-corrected chi connectivity index (χ3v) is 4.84. The molecule has 0 aliphatic carbocycles. The SMILES string of the molecule is CN(CC(F)F)S(=O)(=O)c1csc(CN)c1. The van der Waals surface area contributed by atoms with Crippen molar-refractivity contribution in [1.82, 2.24) is 4.31 Å². The molecule has 0 aliphatic rings. The van der Waals surface area contributed by atoms with Gasteiger partial charge in [0.25, 0.3) is 6.43 Å². The summed E-state index contributed by atoms with van der Waals surface area (Å²) in [4.78, 5) is 0.713. The van der Waals surface area contributed by atoms with E-state index in [2.05, 4.69) is 0 Å². The lowest BCUT2D eigenvalue weighted by atomic mass is 10.5. The summed E-state index contributed by atoms with van der Waals surface area (Å²) in [6.07, 6.45) is -2.69. The zero-order valence-corrected chi connectivity index (χ0v) is 10.2. The first-order chi connectivity index (χ1) is 7.37. The summed E-state index contributed by atoms with van der Waals surface area (Å²) in [7, 11) is -2.69. The Kier molecular flexibility index (Phi) is 4.36.